The molecule has 0 saturated carbocycles. The Morgan fingerprint density at radius 1 is 0.476 bits per heavy atom. The number of hydrogen-bond donors (Lipinski definition) is 0. The molecule has 0 amide bonds. The van der Waals surface area contributed by atoms with Crippen molar-refractivity contribution in [3.63, 3.8) is 0 Å². The smallest absolute Gasteiger partial charge is 0.407 e. The van der Waals surface area contributed by atoms with Gasteiger partial charge in [0, 0.05) is 26.4 Å². The Morgan fingerprint density at radius 2 is 0.857 bits per heavy atom. The standard InChI is InChI=1S/C36H52B2O4/c1-3-5-7-9-11-13-17-31-32(18-14-12-10-8-6-4-2)36-28-30(38-41-25-16-26-42-38)20-22-34(36)33-21-19-29(27-35(31)33)37-39-23-15-24-40-37/h19-22,27-28H,3-18,23-26H2,1-2H3. The van der Waals surface area contributed by atoms with Gasteiger partial charge < -0.3 is 18.6 Å². The van der Waals surface area contributed by atoms with Gasteiger partial charge in [0.25, 0.3) is 0 Å². The van der Waals surface area contributed by atoms with Crippen LogP contribution in [-0.2, 0) is 31.5 Å². The Hall–Kier alpha value is -1.85. The van der Waals surface area contributed by atoms with E-state index in [1.807, 2.05) is 0 Å². The van der Waals surface area contributed by atoms with Crippen molar-refractivity contribution in [1.82, 2.24) is 0 Å². The molecule has 2 aliphatic rings. The van der Waals surface area contributed by atoms with E-state index in [4.69, 9.17) is 18.6 Å². The summed E-state index contributed by atoms with van der Waals surface area (Å²) in [4.78, 5) is 0. The van der Waals surface area contributed by atoms with Gasteiger partial charge in [-0.05, 0) is 82.1 Å². The van der Waals surface area contributed by atoms with Crippen molar-refractivity contribution < 1.29 is 18.6 Å². The van der Waals surface area contributed by atoms with Crippen molar-refractivity contribution in [3.05, 3.63) is 47.5 Å². The lowest BCUT2D eigenvalue weighted by Crippen LogP contribution is -2.41. The molecule has 2 saturated heterocycles. The van der Waals surface area contributed by atoms with Crippen LogP contribution < -0.4 is 10.9 Å². The van der Waals surface area contributed by atoms with Crippen LogP contribution in [-0.4, -0.2) is 40.7 Å². The molecule has 2 fully saturated rings. The Balaban J connectivity index is 1.55. The summed E-state index contributed by atoms with van der Waals surface area (Å²) in [5, 5.41) is 5.47. The second-order valence-electron chi connectivity index (χ2n) is 12.5. The fourth-order valence-electron chi connectivity index (χ4n) is 6.81. The molecule has 2 heterocycles. The summed E-state index contributed by atoms with van der Waals surface area (Å²) in [6, 6.07) is 13.9. The third-order valence-electron chi connectivity index (χ3n) is 9.15. The Bertz CT molecular complexity index is 1150. The molecule has 226 valence electrons. The SMILES string of the molecule is CCCCCCCCc1c(CCCCCCCC)c2cc(B3OCCCO3)ccc2c2ccc(B3OCCCO3)cc12. The third-order valence-corrected chi connectivity index (χ3v) is 9.15. The van der Waals surface area contributed by atoms with Crippen LogP contribution in [0.1, 0.15) is 115 Å². The molecule has 5 rings (SSSR count). The molecule has 2 aliphatic heterocycles. The van der Waals surface area contributed by atoms with Crippen molar-refractivity contribution in [2.75, 3.05) is 26.4 Å². The monoisotopic (exact) mass is 570 g/mol. The van der Waals surface area contributed by atoms with E-state index >= 15 is 0 Å². The number of benzene rings is 3. The maximum absolute atomic E-state index is 6.05. The summed E-state index contributed by atoms with van der Waals surface area (Å²) in [5.74, 6) is 0. The van der Waals surface area contributed by atoms with Gasteiger partial charge in [0.05, 0.1) is 0 Å². The van der Waals surface area contributed by atoms with Crippen molar-refractivity contribution in [3.8, 4) is 0 Å². The highest BCUT2D eigenvalue weighted by molar-refractivity contribution is 6.62. The first-order chi connectivity index (χ1) is 20.8. The van der Waals surface area contributed by atoms with Gasteiger partial charge in [-0.15, -0.1) is 0 Å². The number of fused-ring (bicyclic) bond motifs is 3. The van der Waals surface area contributed by atoms with Crippen molar-refractivity contribution in [2.45, 2.75) is 117 Å². The fourth-order valence-corrected chi connectivity index (χ4v) is 6.81. The molecular weight excluding hydrogens is 518 g/mol. The Labute approximate surface area is 255 Å². The van der Waals surface area contributed by atoms with Gasteiger partial charge >= 0.3 is 14.2 Å². The van der Waals surface area contributed by atoms with Gasteiger partial charge in [-0.3, -0.25) is 0 Å². The minimum atomic E-state index is -0.259. The van der Waals surface area contributed by atoms with Crippen LogP contribution in [0, 0.1) is 0 Å². The molecule has 3 aromatic carbocycles. The number of hydrogen-bond acceptors (Lipinski definition) is 4. The van der Waals surface area contributed by atoms with Crippen LogP contribution in [0.25, 0.3) is 21.5 Å². The number of aryl methyl sites for hydroxylation is 2. The van der Waals surface area contributed by atoms with Gasteiger partial charge in [0.1, 0.15) is 0 Å². The minimum Gasteiger partial charge on any atom is -0.407 e. The average Bonchev–Trinajstić information content (AvgIpc) is 3.05. The molecule has 0 spiro atoms. The third kappa shape index (κ3) is 8.20. The molecule has 0 aliphatic carbocycles. The van der Waals surface area contributed by atoms with Gasteiger partial charge in [0.15, 0.2) is 0 Å². The van der Waals surface area contributed by atoms with Crippen molar-refractivity contribution >= 4 is 46.7 Å². The molecule has 0 atom stereocenters. The van der Waals surface area contributed by atoms with Gasteiger partial charge in [-0.1, -0.05) is 114 Å². The minimum absolute atomic E-state index is 0.259. The summed E-state index contributed by atoms with van der Waals surface area (Å²) in [5.41, 5.74) is 5.39. The molecule has 6 heteroatoms. The summed E-state index contributed by atoms with van der Waals surface area (Å²) in [6.45, 7) is 7.66. The quantitative estimate of drug-likeness (QED) is 0.0992. The highest BCUT2D eigenvalue weighted by atomic mass is 16.6. The predicted octanol–water partition coefficient (Wildman–Crippen LogP) is 8.06. The van der Waals surface area contributed by atoms with E-state index in [0.717, 1.165) is 63.0 Å². The largest absolute Gasteiger partial charge is 0.493 e. The average molecular weight is 570 g/mol. The summed E-state index contributed by atoms with van der Waals surface area (Å²) < 4.78 is 24.2. The molecule has 0 aromatic heterocycles. The van der Waals surface area contributed by atoms with E-state index in [9.17, 15) is 0 Å². The zero-order chi connectivity index (χ0) is 29.0. The second kappa shape index (κ2) is 16.9. The van der Waals surface area contributed by atoms with E-state index in [-0.39, 0.29) is 14.2 Å². The topological polar surface area (TPSA) is 36.9 Å². The lowest BCUT2D eigenvalue weighted by Gasteiger charge is -2.23. The van der Waals surface area contributed by atoms with E-state index in [1.54, 1.807) is 11.1 Å². The highest BCUT2D eigenvalue weighted by Gasteiger charge is 2.27. The zero-order valence-electron chi connectivity index (χ0n) is 26.4. The molecule has 0 radical (unpaired) electrons. The van der Waals surface area contributed by atoms with E-state index in [1.165, 1.54) is 98.6 Å². The Morgan fingerprint density at radius 3 is 1.26 bits per heavy atom. The Kier molecular flexibility index (Phi) is 12.7. The van der Waals surface area contributed by atoms with Crippen LogP contribution in [0.15, 0.2) is 36.4 Å². The number of unbranched alkanes of at least 4 members (excludes halogenated alkanes) is 10. The van der Waals surface area contributed by atoms with E-state index in [2.05, 4.69) is 50.2 Å². The molecular formula is C36H52B2O4. The molecule has 3 aromatic rings. The molecule has 0 bridgehead atoms. The maximum Gasteiger partial charge on any atom is 0.493 e. The van der Waals surface area contributed by atoms with Gasteiger partial charge in [-0.25, -0.2) is 0 Å². The summed E-state index contributed by atoms with van der Waals surface area (Å²) in [7, 11) is -0.517. The molecule has 4 nitrogen and oxygen atoms in total. The van der Waals surface area contributed by atoms with Crippen LogP contribution in [0.5, 0.6) is 0 Å². The van der Waals surface area contributed by atoms with Crippen LogP contribution in [0.2, 0.25) is 0 Å². The maximum atomic E-state index is 6.05. The highest BCUT2D eigenvalue weighted by Crippen LogP contribution is 2.35. The van der Waals surface area contributed by atoms with Gasteiger partial charge in [-0.2, -0.15) is 0 Å². The molecule has 42 heavy (non-hydrogen) atoms. The first-order valence-corrected chi connectivity index (χ1v) is 17.3. The van der Waals surface area contributed by atoms with Crippen LogP contribution in [0.4, 0.5) is 0 Å². The molecule has 0 N–H and O–H groups in total. The van der Waals surface area contributed by atoms with Crippen LogP contribution >= 0.6 is 0 Å². The predicted molar refractivity (Wildman–Crippen MR) is 179 cm³/mol. The fraction of sp³-hybridized carbons (Fsp3) is 0.611. The van der Waals surface area contributed by atoms with Crippen molar-refractivity contribution in [2.24, 2.45) is 0 Å². The van der Waals surface area contributed by atoms with Gasteiger partial charge in [0.2, 0.25) is 0 Å². The van der Waals surface area contributed by atoms with E-state index < -0.39 is 0 Å². The second-order valence-corrected chi connectivity index (χ2v) is 12.5. The first-order valence-electron chi connectivity index (χ1n) is 17.3. The lowest BCUT2D eigenvalue weighted by molar-refractivity contribution is 0.143. The zero-order valence-corrected chi connectivity index (χ0v) is 26.4. The summed E-state index contributed by atoms with van der Waals surface area (Å²) >= 11 is 0. The summed E-state index contributed by atoms with van der Waals surface area (Å²) in [6.07, 6.45) is 19.9. The molecule has 0 unspecified atom stereocenters. The van der Waals surface area contributed by atoms with Crippen molar-refractivity contribution in [1.29, 1.82) is 0 Å². The first kappa shape index (κ1) is 31.6. The normalized spacial score (nSPS) is 16.1. The van der Waals surface area contributed by atoms with Crippen LogP contribution in [0.3, 0.4) is 0 Å². The lowest BCUT2D eigenvalue weighted by atomic mass is 9.74. The number of rotatable bonds is 16. The van der Waals surface area contributed by atoms with E-state index in [0.29, 0.717) is 0 Å².